The molecule has 4 heteroatoms. The van der Waals surface area contributed by atoms with Gasteiger partial charge in [-0.25, -0.2) is 0 Å². The van der Waals surface area contributed by atoms with E-state index in [0.29, 0.717) is 0 Å². The number of hydrogen-bond donors (Lipinski definition) is 2. The Hall–Kier alpha value is -1.06. The number of carboxylic acids is 1. The van der Waals surface area contributed by atoms with Gasteiger partial charge in [-0.05, 0) is 25.7 Å². The van der Waals surface area contributed by atoms with E-state index in [4.69, 9.17) is 5.11 Å². The van der Waals surface area contributed by atoms with E-state index < -0.39 is 5.97 Å². The zero-order valence-electron chi connectivity index (χ0n) is 6.34. The first-order chi connectivity index (χ1) is 5.29. The highest BCUT2D eigenvalue weighted by Gasteiger charge is 2.07. The predicted octanol–water partition coefficient (Wildman–Crippen LogP) is 0.591. The van der Waals surface area contributed by atoms with Crippen LogP contribution >= 0.6 is 0 Å². The van der Waals surface area contributed by atoms with Gasteiger partial charge in [-0.2, -0.15) is 5.10 Å². The molecule has 0 atom stereocenters. The van der Waals surface area contributed by atoms with Crippen molar-refractivity contribution in [2.45, 2.75) is 25.7 Å². The molecule has 0 aliphatic heterocycles. The van der Waals surface area contributed by atoms with Gasteiger partial charge in [0.05, 0.1) is 0 Å². The third kappa shape index (κ3) is 3.02. The number of hydrazone groups is 1. The second-order valence-corrected chi connectivity index (χ2v) is 2.61. The number of rotatable bonds is 3. The number of carbonyl (C=O) groups is 1. The van der Waals surface area contributed by atoms with Crippen molar-refractivity contribution in [2.24, 2.45) is 5.10 Å². The van der Waals surface area contributed by atoms with Crippen LogP contribution in [0.15, 0.2) is 5.10 Å². The molecule has 0 heterocycles. The van der Waals surface area contributed by atoms with Crippen LogP contribution in [0.1, 0.15) is 25.7 Å². The fourth-order valence-corrected chi connectivity index (χ4v) is 1.11. The van der Waals surface area contributed by atoms with E-state index in [9.17, 15) is 4.79 Å². The van der Waals surface area contributed by atoms with Crippen molar-refractivity contribution in [3.63, 3.8) is 0 Å². The Labute approximate surface area is 65.3 Å². The number of carboxylic acid groups (broad SMARTS) is 1. The maximum atomic E-state index is 10.0. The summed E-state index contributed by atoms with van der Waals surface area (Å²) in [6, 6.07) is 0. The van der Waals surface area contributed by atoms with Gasteiger partial charge in [-0.3, -0.25) is 10.2 Å². The normalized spacial score (nSPS) is 16.5. The zero-order valence-corrected chi connectivity index (χ0v) is 6.34. The first-order valence-corrected chi connectivity index (χ1v) is 3.79. The molecular formula is C7H12N2O2. The first-order valence-electron chi connectivity index (χ1n) is 3.79. The van der Waals surface area contributed by atoms with Crippen LogP contribution in [0.2, 0.25) is 0 Å². The highest BCUT2D eigenvalue weighted by Crippen LogP contribution is 2.13. The summed E-state index contributed by atoms with van der Waals surface area (Å²) < 4.78 is 0. The number of nitrogens with one attached hydrogen (secondary N) is 1. The summed E-state index contributed by atoms with van der Waals surface area (Å²) in [5.74, 6) is -0.868. The average molecular weight is 156 g/mol. The van der Waals surface area contributed by atoms with Crippen LogP contribution in [0.4, 0.5) is 0 Å². The lowest BCUT2D eigenvalue weighted by atomic mass is 10.3. The molecule has 4 nitrogen and oxygen atoms in total. The average Bonchev–Trinajstić information content (AvgIpc) is 2.39. The summed E-state index contributed by atoms with van der Waals surface area (Å²) in [7, 11) is 0. The first kappa shape index (κ1) is 8.04. The minimum atomic E-state index is -0.868. The van der Waals surface area contributed by atoms with Gasteiger partial charge < -0.3 is 5.11 Å². The van der Waals surface area contributed by atoms with E-state index in [2.05, 4.69) is 10.5 Å². The smallest absolute Gasteiger partial charge is 0.324 e. The van der Waals surface area contributed by atoms with Gasteiger partial charge >= 0.3 is 5.97 Å². The molecule has 1 saturated carbocycles. The lowest BCUT2D eigenvalue weighted by Gasteiger charge is -1.96. The summed E-state index contributed by atoms with van der Waals surface area (Å²) in [4.78, 5) is 10.0. The molecule has 1 aliphatic rings. The molecule has 0 amide bonds. The predicted molar refractivity (Wildman–Crippen MR) is 41.5 cm³/mol. The van der Waals surface area contributed by atoms with Gasteiger partial charge in [-0.1, -0.05) is 0 Å². The summed E-state index contributed by atoms with van der Waals surface area (Å²) in [6.07, 6.45) is 4.42. The third-order valence-electron chi connectivity index (χ3n) is 1.65. The largest absolute Gasteiger partial charge is 0.480 e. The Kier molecular flexibility index (Phi) is 2.89. The third-order valence-corrected chi connectivity index (χ3v) is 1.65. The van der Waals surface area contributed by atoms with E-state index in [0.717, 1.165) is 18.6 Å². The van der Waals surface area contributed by atoms with Crippen LogP contribution in [0.3, 0.4) is 0 Å². The monoisotopic (exact) mass is 156 g/mol. The van der Waals surface area contributed by atoms with E-state index in [1.54, 1.807) is 0 Å². The topological polar surface area (TPSA) is 61.7 Å². The number of nitrogens with zero attached hydrogens (tertiary/aromatic N) is 1. The van der Waals surface area contributed by atoms with Crippen molar-refractivity contribution in [1.29, 1.82) is 0 Å². The molecule has 0 unspecified atom stereocenters. The molecule has 0 aromatic carbocycles. The van der Waals surface area contributed by atoms with Crippen molar-refractivity contribution in [3.05, 3.63) is 0 Å². The van der Waals surface area contributed by atoms with Crippen molar-refractivity contribution in [1.82, 2.24) is 5.43 Å². The summed E-state index contributed by atoms with van der Waals surface area (Å²) in [6.45, 7) is -0.0799. The number of aliphatic carboxylic acids is 1. The van der Waals surface area contributed by atoms with E-state index in [1.807, 2.05) is 0 Å². The Morgan fingerprint density at radius 2 is 2.18 bits per heavy atom. The van der Waals surface area contributed by atoms with E-state index in [-0.39, 0.29) is 6.54 Å². The molecule has 0 radical (unpaired) electrons. The van der Waals surface area contributed by atoms with Crippen molar-refractivity contribution < 1.29 is 9.90 Å². The molecule has 1 fully saturated rings. The van der Waals surface area contributed by atoms with Gasteiger partial charge in [0.25, 0.3) is 0 Å². The van der Waals surface area contributed by atoms with Crippen LogP contribution in [0.5, 0.6) is 0 Å². The molecule has 0 aromatic heterocycles. The van der Waals surface area contributed by atoms with Gasteiger partial charge in [0.15, 0.2) is 0 Å². The molecular weight excluding hydrogens is 144 g/mol. The fraction of sp³-hybridized carbons (Fsp3) is 0.714. The zero-order chi connectivity index (χ0) is 8.10. The van der Waals surface area contributed by atoms with Crippen LogP contribution in [0.25, 0.3) is 0 Å². The molecule has 1 rings (SSSR count). The number of hydrogen-bond acceptors (Lipinski definition) is 3. The highest BCUT2D eigenvalue weighted by atomic mass is 16.4. The Balaban J connectivity index is 2.18. The summed E-state index contributed by atoms with van der Waals surface area (Å²) >= 11 is 0. The molecule has 0 bridgehead atoms. The van der Waals surface area contributed by atoms with Crippen molar-refractivity contribution >= 4 is 11.7 Å². The maximum Gasteiger partial charge on any atom is 0.324 e. The molecule has 1 aliphatic carbocycles. The Morgan fingerprint density at radius 1 is 1.55 bits per heavy atom. The van der Waals surface area contributed by atoms with E-state index >= 15 is 0 Å². The van der Waals surface area contributed by atoms with Gasteiger partial charge in [0, 0.05) is 5.71 Å². The van der Waals surface area contributed by atoms with Gasteiger partial charge in [0.1, 0.15) is 6.54 Å². The van der Waals surface area contributed by atoms with Gasteiger partial charge in [0.2, 0.25) is 0 Å². The Morgan fingerprint density at radius 3 is 2.73 bits per heavy atom. The second kappa shape index (κ2) is 3.95. The molecule has 0 saturated heterocycles. The molecule has 2 N–H and O–H groups in total. The summed E-state index contributed by atoms with van der Waals surface area (Å²) in [5.41, 5.74) is 3.62. The van der Waals surface area contributed by atoms with Crippen molar-refractivity contribution in [3.8, 4) is 0 Å². The minimum Gasteiger partial charge on any atom is -0.480 e. The molecule has 0 aromatic rings. The Bertz CT molecular complexity index is 169. The van der Waals surface area contributed by atoms with Gasteiger partial charge in [-0.15, -0.1) is 0 Å². The maximum absolute atomic E-state index is 10.0. The highest BCUT2D eigenvalue weighted by molar-refractivity contribution is 5.86. The van der Waals surface area contributed by atoms with E-state index in [1.165, 1.54) is 12.8 Å². The van der Waals surface area contributed by atoms with Crippen molar-refractivity contribution in [2.75, 3.05) is 6.54 Å². The van der Waals surface area contributed by atoms with Crippen LogP contribution in [-0.4, -0.2) is 23.3 Å². The van der Waals surface area contributed by atoms with Crippen LogP contribution in [0, 0.1) is 0 Å². The summed E-state index contributed by atoms with van der Waals surface area (Å²) in [5, 5.41) is 12.2. The second-order valence-electron chi connectivity index (χ2n) is 2.61. The lowest BCUT2D eigenvalue weighted by molar-refractivity contribution is -0.135. The lowest BCUT2D eigenvalue weighted by Crippen LogP contribution is -2.18. The standard InChI is InChI=1S/C7H12N2O2/c10-7(11)5-8-9-6-3-1-2-4-6/h8H,1-5H2,(H,10,11). The van der Waals surface area contributed by atoms with Crippen LogP contribution < -0.4 is 5.43 Å². The molecule has 11 heavy (non-hydrogen) atoms. The van der Waals surface area contributed by atoms with Crippen LogP contribution in [-0.2, 0) is 4.79 Å². The SMILES string of the molecule is O=C(O)CNN=C1CCCC1. The fourth-order valence-electron chi connectivity index (χ4n) is 1.11. The minimum absolute atomic E-state index is 0.0799. The molecule has 62 valence electrons. The molecule has 0 spiro atoms. The quantitative estimate of drug-likeness (QED) is 0.588.